The van der Waals surface area contributed by atoms with E-state index in [1.54, 1.807) is 4.90 Å². The third-order valence-corrected chi connectivity index (χ3v) is 3.88. The molecule has 3 nitrogen and oxygen atoms in total. The molecule has 2 rings (SSSR count). The molecule has 1 saturated heterocycles. The maximum absolute atomic E-state index is 13.9. The number of hydrogen-bond acceptors (Lipinski definition) is 2. The first-order valence-corrected chi connectivity index (χ1v) is 7.50. The molecule has 1 aliphatic rings. The Morgan fingerprint density at radius 1 is 1.45 bits per heavy atom. The largest absolute Gasteiger partial charge is 0.334 e. The van der Waals surface area contributed by atoms with Crippen LogP contribution in [0.2, 0.25) is 0 Å². The molecule has 0 bridgehead atoms. The number of nitrogens with one attached hydrogen (secondary N) is 1. The Labute approximate surface area is 125 Å². The molecule has 1 fully saturated rings. The molecule has 0 aliphatic carbocycles. The zero-order valence-electron chi connectivity index (χ0n) is 11.3. The summed E-state index contributed by atoms with van der Waals surface area (Å²) in [5.41, 5.74) is -0.464. The van der Waals surface area contributed by atoms with Crippen molar-refractivity contribution in [3.8, 4) is 0 Å². The van der Waals surface area contributed by atoms with E-state index in [2.05, 4.69) is 21.2 Å². The Balaban J connectivity index is 2.31. The van der Waals surface area contributed by atoms with E-state index in [0.29, 0.717) is 13.1 Å². The first kappa shape index (κ1) is 15.4. The maximum atomic E-state index is 13.9. The van der Waals surface area contributed by atoms with E-state index in [9.17, 15) is 13.6 Å². The van der Waals surface area contributed by atoms with Crippen molar-refractivity contribution < 1.29 is 13.6 Å². The summed E-state index contributed by atoms with van der Waals surface area (Å²) in [6, 6.07) is 2.24. The zero-order valence-corrected chi connectivity index (χ0v) is 12.8. The summed E-state index contributed by atoms with van der Waals surface area (Å²) in [5.74, 6) is -2.22. The second-order valence-corrected chi connectivity index (χ2v) is 5.81. The Kier molecular flexibility index (Phi) is 5.10. The molecule has 0 spiro atoms. The third-order valence-electron chi connectivity index (χ3n) is 3.42. The lowest BCUT2D eigenvalue weighted by Crippen LogP contribution is -2.42. The topological polar surface area (TPSA) is 32.3 Å². The molecule has 1 aliphatic heterocycles. The Morgan fingerprint density at radius 3 is 2.60 bits per heavy atom. The highest BCUT2D eigenvalue weighted by molar-refractivity contribution is 9.10. The summed E-state index contributed by atoms with van der Waals surface area (Å²) in [7, 11) is 0. The number of rotatable bonds is 4. The monoisotopic (exact) mass is 346 g/mol. The first-order valence-electron chi connectivity index (χ1n) is 6.70. The number of carbonyl (C=O) groups excluding carboxylic acids is 1. The first-order chi connectivity index (χ1) is 9.54. The van der Waals surface area contributed by atoms with Gasteiger partial charge in [-0.3, -0.25) is 4.79 Å². The summed E-state index contributed by atoms with van der Waals surface area (Å²) < 4.78 is 28.1. The van der Waals surface area contributed by atoms with Crippen LogP contribution < -0.4 is 5.32 Å². The predicted octanol–water partition coefficient (Wildman–Crippen LogP) is 2.94. The number of carbonyl (C=O) groups is 1. The van der Waals surface area contributed by atoms with Gasteiger partial charge in [-0.05, 0) is 31.5 Å². The van der Waals surface area contributed by atoms with E-state index in [4.69, 9.17) is 0 Å². The number of halogens is 3. The van der Waals surface area contributed by atoms with Gasteiger partial charge in [-0.25, -0.2) is 8.78 Å². The SMILES string of the molecule is CCCN(C(=O)c1c(F)cc(Br)cc1F)C1CCNC1. The van der Waals surface area contributed by atoms with Crippen molar-refractivity contribution in [1.82, 2.24) is 10.2 Å². The molecular formula is C14H17BrF2N2O. The second kappa shape index (κ2) is 6.63. The van der Waals surface area contributed by atoms with Gasteiger partial charge in [0.25, 0.3) is 5.91 Å². The lowest BCUT2D eigenvalue weighted by molar-refractivity contribution is 0.0682. The van der Waals surface area contributed by atoms with Gasteiger partial charge in [0.05, 0.1) is 0 Å². The molecule has 0 radical (unpaired) electrons. The van der Waals surface area contributed by atoms with Crippen molar-refractivity contribution in [2.24, 2.45) is 0 Å². The Hall–Kier alpha value is -1.01. The van der Waals surface area contributed by atoms with Gasteiger partial charge in [0.2, 0.25) is 0 Å². The number of benzene rings is 1. The van der Waals surface area contributed by atoms with E-state index < -0.39 is 23.1 Å². The van der Waals surface area contributed by atoms with Gasteiger partial charge < -0.3 is 10.2 Å². The molecule has 1 unspecified atom stereocenters. The molecule has 0 saturated carbocycles. The summed E-state index contributed by atoms with van der Waals surface area (Å²) in [6.07, 6.45) is 1.56. The minimum absolute atomic E-state index is 0.00453. The predicted molar refractivity (Wildman–Crippen MR) is 76.7 cm³/mol. The molecule has 6 heteroatoms. The van der Waals surface area contributed by atoms with Crippen molar-refractivity contribution in [3.63, 3.8) is 0 Å². The number of hydrogen-bond donors (Lipinski definition) is 1. The lowest BCUT2D eigenvalue weighted by atomic mass is 10.1. The Morgan fingerprint density at radius 2 is 2.10 bits per heavy atom. The lowest BCUT2D eigenvalue weighted by Gasteiger charge is -2.28. The van der Waals surface area contributed by atoms with Crippen LogP contribution in [0.25, 0.3) is 0 Å². The molecule has 110 valence electrons. The molecular weight excluding hydrogens is 330 g/mol. The summed E-state index contributed by atoms with van der Waals surface area (Å²) in [5, 5.41) is 3.17. The molecule has 1 aromatic rings. The van der Waals surface area contributed by atoms with Crippen molar-refractivity contribution in [2.75, 3.05) is 19.6 Å². The fraction of sp³-hybridized carbons (Fsp3) is 0.500. The van der Waals surface area contributed by atoms with Gasteiger partial charge in [-0.1, -0.05) is 22.9 Å². The van der Waals surface area contributed by atoms with Gasteiger partial charge in [-0.2, -0.15) is 0 Å². The van der Waals surface area contributed by atoms with Crippen LogP contribution in [0, 0.1) is 11.6 Å². The van der Waals surface area contributed by atoms with E-state index in [0.717, 1.165) is 31.5 Å². The zero-order chi connectivity index (χ0) is 14.7. The van der Waals surface area contributed by atoms with E-state index in [1.165, 1.54) is 0 Å². The summed E-state index contributed by atoms with van der Waals surface area (Å²) in [6.45, 7) is 3.94. The normalized spacial score (nSPS) is 18.3. The minimum atomic E-state index is -0.825. The average Bonchev–Trinajstić information content (AvgIpc) is 2.87. The van der Waals surface area contributed by atoms with Crippen LogP contribution in [-0.2, 0) is 0 Å². The highest BCUT2D eigenvalue weighted by Crippen LogP contribution is 2.22. The molecule has 0 aromatic heterocycles. The molecule has 20 heavy (non-hydrogen) atoms. The Bertz CT molecular complexity index is 481. The molecule has 1 N–H and O–H groups in total. The standard InChI is InChI=1S/C14H17BrF2N2O/c1-2-5-19(10-3-4-18-8-10)14(20)13-11(16)6-9(15)7-12(13)17/h6-7,10,18H,2-5,8H2,1H3. The molecule has 1 atom stereocenters. The van der Waals surface area contributed by atoms with Gasteiger partial charge in [0.1, 0.15) is 17.2 Å². The van der Waals surface area contributed by atoms with Gasteiger partial charge >= 0.3 is 0 Å². The summed E-state index contributed by atoms with van der Waals surface area (Å²) >= 11 is 3.02. The molecule has 1 amide bonds. The van der Waals surface area contributed by atoms with Crippen LogP contribution in [0.1, 0.15) is 30.1 Å². The van der Waals surface area contributed by atoms with E-state index in [-0.39, 0.29) is 10.5 Å². The molecule has 1 aromatic carbocycles. The van der Waals surface area contributed by atoms with Crippen LogP contribution in [0.15, 0.2) is 16.6 Å². The highest BCUT2D eigenvalue weighted by atomic mass is 79.9. The van der Waals surface area contributed by atoms with Crippen molar-refractivity contribution in [1.29, 1.82) is 0 Å². The van der Waals surface area contributed by atoms with Crippen LogP contribution >= 0.6 is 15.9 Å². The van der Waals surface area contributed by atoms with Gasteiger partial charge in [0, 0.05) is 23.6 Å². The van der Waals surface area contributed by atoms with Crippen molar-refractivity contribution in [2.45, 2.75) is 25.8 Å². The smallest absolute Gasteiger partial charge is 0.260 e. The van der Waals surface area contributed by atoms with Crippen LogP contribution in [-0.4, -0.2) is 36.5 Å². The third kappa shape index (κ3) is 3.17. The highest BCUT2D eigenvalue weighted by Gasteiger charge is 2.30. The minimum Gasteiger partial charge on any atom is -0.334 e. The van der Waals surface area contributed by atoms with Crippen LogP contribution in [0.4, 0.5) is 8.78 Å². The average molecular weight is 347 g/mol. The fourth-order valence-electron chi connectivity index (χ4n) is 2.49. The van der Waals surface area contributed by atoms with Crippen LogP contribution in [0.5, 0.6) is 0 Å². The van der Waals surface area contributed by atoms with Crippen LogP contribution in [0.3, 0.4) is 0 Å². The second-order valence-electron chi connectivity index (χ2n) is 4.89. The van der Waals surface area contributed by atoms with E-state index in [1.807, 2.05) is 6.92 Å². The molecule has 1 heterocycles. The van der Waals surface area contributed by atoms with Crippen molar-refractivity contribution in [3.05, 3.63) is 33.8 Å². The number of nitrogens with zero attached hydrogens (tertiary/aromatic N) is 1. The number of amides is 1. The summed E-state index contributed by atoms with van der Waals surface area (Å²) in [4.78, 5) is 14.1. The maximum Gasteiger partial charge on any atom is 0.260 e. The quantitative estimate of drug-likeness (QED) is 0.908. The van der Waals surface area contributed by atoms with Gasteiger partial charge in [0.15, 0.2) is 0 Å². The van der Waals surface area contributed by atoms with E-state index >= 15 is 0 Å². The van der Waals surface area contributed by atoms with Gasteiger partial charge in [-0.15, -0.1) is 0 Å². The fourth-order valence-corrected chi connectivity index (χ4v) is 2.89. The van der Waals surface area contributed by atoms with Crippen molar-refractivity contribution >= 4 is 21.8 Å².